The van der Waals surface area contributed by atoms with E-state index in [2.05, 4.69) is 4.90 Å². The topological polar surface area (TPSA) is 23.5 Å². The first-order valence-corrected chi connectivity index (χ1v) is 6.78. The highest BCUT2D eigenvalue weighted by Gasteiger charge is 2.14. The molecule has 0 aliphatic carbocycles. The van der Waals surface area contributed by atoms with Crippen molar-refractivity contribution in [3.63, 3.8) is 0 Å². The molecule has 1 aliphatic rings. The molecule has 1 aliphatic heterocycles. The zero-order chi connectivity index (χ0) is 12.3. The molecule has 1 unspecified atom stereocenters. The van der Waals surface area contributed by atoms with E-state index in [1.54, 1.807) is 12.1 Å². The standard InChI is InChI=1S/C13H17Cl2NO/c14-11-4-3-10(9-12(11)15)13(17)5-8-16-6-1-2-7-16/h3-4,9,13,17H,1-2,5-8H2. The zero-order valence-electron chi connectivity index (χ0n) is 9.70. The zero-order valence-corrected chi connectivity index (χ0v) is 11.2. The Kier molecular flexibility index (Phi) is 4.69. The molecule has 1 aromatic rings. The number of aliphatic hydroxyl groups is 1. The molecule has 1 atom stereocenters. The van der Waals surface area contributed by atoms with Crippen molar-refractivity contribution >= 4 is 23.2 Å². The van der Waals surface area contributed by atoms with Crippen LogP contribution in [0.1, 0.15) is 30.9 Å². The van der Waals surface area contributed by atoms with Gasteiger partial charge in [0.15, 0.2) is 0 Å². The Morgan fingerprint density at radius 1 is 1.18 bits per heavy atom. The Morgan fingerprint density at radius 3 is 2.53 bits per heavy atom. The Labute approximate surface area is 112 Å². The minimum absolute atomic E-state index is 0.453. The molecule has 1 fully saturated rings. The van der Waals surface area contributed by atoms with E-state index in [-0.39, 0.29) is 0 Å². The molecule has 1 heterocycles. The van der Waals surface area contributed by atoms with E-state index in [1.165, 1.54) is 12.8 Å². The largest absolute Gasteiger partial charge is 0.388 e. The number of hydrogen-bond donors (Lipinski definition) is 1. The van der Waals surface area contributed by atoms with Crippen LogP contribution in [0, 0.1) is 0 Å². The molecule has 2 rings (SSSR count). The van der Waals surface area contributed by atoms with Gasteiger partial charge >= 0.3 is 0 Å². The molecule has 1 N–H and O–H groups in total. The first kappa shape index (κ1) is 13.2. The van der Waals surface area contributed by atoms with Crippen molar-refractivity contribution in [2.45, 2.75) is 25.4 Å². The van der Waals surface area contributed by atoms with Gasteiger partial charge < -0.3 is 10.0 Å². The van der Waals surface area contributed by atoms with E-state index in [0.29, 0.717) is 10.0 Å². The van der Waals surface area contributed by atoms with Crippen molar-refractivity contribution in [1.82, 2.24) is 4.90 Å². The number of rotatable bonds is 4. The van der Waals surface area contributed by atoms with E-state index < -0.39 is 6.10 Å². The molecule has 94 valence electrons. The van der Waals surface area contributed by atoms with Gasteiger partial charge in [-0.15, -0.1) is 0 Å². The first-order chi connectivity index (χ1) is 8.16. The number of aliphatic hydroxyl groups excluding tert-OH is 1. The van der Waals surface area contributed by atoms with Gasteiger partial charge in [-0.25, -0.2) is 0 Å². The van der Waals surface area contributed by atoms with Crippen molar-refractivity contribution in [2.75, 3.05) is 19.6 Å². The predicted molar refractivity (Wildman–Crippen MR) is 71.7 cm³/mol. The monoisotopic (exact) mass is 273 g/mol. The molecule has 0 spiro atoms. The van der Waals surface area contributed by atoms with Crippen LogP contribution in [0.3, 0.4) is 0 Å². The molecule has 0 saturated carbocycles. The summed E-state index contributed by atoms with van der Waals surface area (Å²) < 4.78 is 0. The number of halogens is 2. The molecule has 4 heteroatoms. The summed E-state index contributed by atoms with van der Waals surface area (Å²) in [4.78, 5) is 2.39. The fraction of sp³-hybridized carbons (Fsp3) is 0.538. The molecule has 0 radical (unpaired) electrons. The summed E-state index contributed by atoms with van der Waals surface area (Å²) in [6.07, 6.45) is 2.86. The van der Waals surface area contributed by atoms with E-state index >= 15 is 0 Å². The quantitative estimate of drug-likeness (QED) is 0.908. The van der Waals surface area contributed by atoms with Gasteiger partial charge in [0.05, 0.1) is 16.1 Å². The fourth-order valence-corrected chi connectivity index (χ4v) is 2.50. The Balaban J connectivity index is 1.89. The van der Waals surface area contributed by atoms with Crippen molar-refractivity contribution in [3.8, 4) is 0 Å². The highest BCUT2D eigenvalue weighted by Crippen LogP contribution is 2.27. The molecule has 0 amide bonds. The normalized spacial score (nSPS) is 18.5. The van der Waals surface area contributed by atoms with Crippen LogP contribution in [-0.4, -0.2) is 29.6 Å². The maximum Gasteiger partial charge on any atom is 0.0802 e. The highest BCUT2D eigenvalue weighted by molar-refractivity contribution is 6.42. The third-order valence-corrected chi connectivity index (χ3v) is 3.98. The van der Waals surface area contributed by atoms with Gasteiger partial charge in [-0.3, -0.25) is 0 Å². The van der Waals surface area contributed by atoms with E-state index in [1.807, 2.05) is 6.07 Å². The number of hydrogen-bond acceptors (Lipinski definition) is 2. The molecule has 0 aromatic heterocycles. The lowest BCUT2D eigenvalue weighted by Crippen LogP contribution is -2.22. The van der Waals surface area contributed by atoms with Crippen molar-refractivity contribution in [2.24, 2.45) is 0 Å². The maximum atomic E-state index is 10.1. The molecule has 1 aromatic carbocycles. The summed E-state index contributed by atoms with van der Waals surface area (Å²) in [5.41, 5.74) is 0.846. The lowest BCUT2D eigenvalue weighted by atomic mass is 10.1. The predicted octanol–water partition coefficient (Wildman–Crippen LogP) is 3.51. The second kappa shape index (κ2) is 6.05. The third-order valence-electron chi connectivity index (χ3n) is 3.25. The summed E-state index contributed by atoms with van der Waals surface area (Å²) in [5, 5.41) is 11.1. The van der Waals surface area contributed by atoms with Crippen molar-refractivity contribution in [1.29, 1.82) is 0 Å². The first-order valence-electron chi connectivity index (χ1n) is 6.02. The molecule has 2 nitrogen and oxygen atoms in total. The van der Waals surface area contributed by atoms with Gasteiger partial charge in [0.25, 0.3) is 0 Å². The lowest BCUT2D eigenvalue weighted by Gasteiger charge is -2.17. The summed E-state index contributed by atoms with van der Waals surface area (Å²) in [6, 6.07) is 5.32. The molecule has 1 saturated heterocycles. The Hall–Kier alpha value is -0.280. The molecular weight excluding hydrogens is 257 g/mol. The van der Waals surface area contributed by atoms with Crippen LogP contribution in [0.4, 0.5) is 0 Å². The molecular formula is C13H17Cl2NO. The average molecular weight is 274 g/mol. The summed E-state index contributed by atoms with van der Waals surface area (Å²) in [7, 11) is 0. The van der Waals surface area contributed by atoms with Crippen LogP contribution in [0.2, 0.25) is 10.0 Å². The van der Waals surface area contributed by atoms with Gasteiger partial charge in [-0.2, -0.15) is 0 Å². The van der Waals surface area contributed by atoms with Gasteiger partial charge in [-0.1, -0.05) is 29.3 Å². The maximum absolute atomic E-state index is 10.1. The van der Waals surface area contributed by atoms with Crippen LogP contribution in [-0.2, 0) is 0 Å². The minimum Gasteiger partial charge on any atom is -0.388 e. The van der Waals surface area contributed by atoms with Crippen LogP contribution in [0.25, 0.3) is 0 Å². The number of nitrogens with zero attached hydrogens (tertiary/aromatic N) is 1. The molecule has 17 heavy (non-hydrogen) atoms. The van der Waals surface area contributed by atoms with Crippen LogP contribution in [0.5, 0.6) is 0 Å². The van der Waals surface area contributed by atoms with E-state index in [9.17, 15) is 5.11 Å². The average Bonchev–Trinajstić information content (AvgIpc) is 2.82. The fourth-order valence-electron chi connectivity index (χ4n) is 2.20. The summed E-state index contributed by atoms with van der Waals surface area (Å²) in [5.74, 6) is 0. The van der Waals surface area contributed by atoms with Crippen LogP contribution < -0.4 is 0 Å². The second-order valence-corrected chi connectivity index (χ2v) is 5.34. The Bertz CT molecular complexity index is 378. The van der Waals surface area contributed by atoms with Gasteiger partial charge in [0.2, 0.25) is 0 Å². The molecule has 0 bridgehead atoms. The number of likely N-dealkylation sites (tertiary alicyclic amines) is 1. The van der Waals surface area contributed by atoms with Gasteiger partial charge in [0, 0.05) is 6.54 Å². The second-order valence-electron chi connectivity index (χ2n) is 4.53. The SMILES string of the molecule is OC(CCN1CCCC1)c1ccc(Cl)c(Cl)c1. The van der Waals surface area contributed by atoms with Crippen molar-refractivity contribution in [3.05, 3.63) is 33.8 Å². The number of benzene rings is 1. The highest BCUT2D eigenvalue weighted by atomic mass is 35.5. The summed E-state index contributed by atoms with van der Waals surface area (Å²) >= 11 is 11.8. The van der Waals surface area contributed by atoms with Gasteiger partial charge in [-0.05, 0) is 50.0 Å². The third kappa shape index (κ3) is 3.59. The smallest absolute Gasteiger partial charge is 0.0802 e. The summed E-state index contributed by atoms with van der Waals surface area (Å²) in [6.45, 7) is 3.27. The van der Waals surface area contributed by atoms with E-state index in [0.717, 1.165) is 31.6 Å². The van der Waals surface area contributed by atoms with E-state index in [4.69, 9.17) is 23.2 Å². The van der Waals surface area contributed by atoms with Gasteiger partial charge in [0.1, 0.15) is 0 Å². The lowest BCUT2D eigenvalue weighted by molar-refractivity contribution is 0.149. The van der Waals surface area contributed by atoms with Crippen LogP contribution in [0.15, 0.2) is 18.2 Å². The Morgan fingerprint density at radius 2 is 1.88 bits per heavy atom. The van der Waals surface area contributed by atoms with Crippen molar-refractivity contribution < 1.29 is 5.11 Å². The minimum atomic E-state index is -0.453. The van der Waals surface area contributed by atoms with Crippen LogP contribution >= 0.6 is 23.2 Å².